The predicted octanol–water partition coefficient (Wildman–Crippen LogP) is 2.00. The van der Waals surface area contributed by atoms with Crippen LogP contribution in [0.3, 0.4) is 0 Å². The van der Waals surface area contributed by atoms with E-state index in [0.717, 1.165) is 36.2 Å². The fourth-order valence-corrected chi connectivity index (χ4v) is 4.51. The highest BCUT2D eigenvalue weighted by atomic mass is 16.2. The Hall–Kier alpha value is -3.78. The number of amides is 2. The first-order valence-corrected chi connectivity index (χ1v) is 11.2. The van der Waals surface area contributed by atoms with Gasteiger partial charge in [-0.25, -0.2) is 0 Å². The Kier molecular flexibility index (Phi) is 5.75. The molecule has 2 aliphatic rings. The van der Waals surface area contributed by atoms with Crippen LogP contribution in [0.4, 0.5) is 5.69 Å². The van der Waals surface area contributed by atoms with Gasteiger partial charge < -0.3 is 10.6 Å². The lowest BCUT2D eigenvalue weighted by Gasteiger charge is -2.34. The third-order valence-corrected chi connectivity index (χ3v) is 6.28. The number of anilines is 1. The molecule has 1 atom stereocenters. The maximum atomic E-state index is 13.2. The number of rotatable bonds is 5. The third kappa shape index (κ3) is 4.29. The number of benzene rings is 2. The molecule has 1 unspecified atom stereocenters. The first kappa shape index (κ1) is 21.1. The number of primary amides is 1. The topological polar surface area (TPSA) is 95.1 Å². The van der Waals surface area contributed by atoms with E-state index < -0.39 is 11.9 Å². The Labute approximate surface area is 192 Å². The monoisotopic (exact) mass is 442 g/mol. The SMILES string of the molecule is NC(=O)C1CC(C(=O)N2CCN(Cc3cccc4cccnc34)CC2)=NN1c1ccccc1. The number of nitrogens with zero attached hydrogens (tertiary/aromatic N) is 5. The highest BCUT2D eigenvalue weighted by Crippen LogP contribution is 2.25. The van der Waals surface area contributed by atoms with Crippen molar-refractivity contribution < 1.29 is 9.59 Å². The summed E-state index contributed by atoms with van der Waals surface area (Å²) < 4.78 is 0. The maximum Gasteiger partial charge on any atom is 0.270 e. The maximum absolute atomic E-state index is 13.2. The third-order valence-electron chi connectivity index (χ3n) is 6.28. The second-order valence-corrected chi connectivity index (χ2v) is 8.41. The van der Waals surface area contributed by atoms with Gasteiger partial charge in [-0.15, -0.1) is 0 Å². The van der Waals surface area contributed by atoms with Crippen molar-refractivity contribution in [2.75, 3.05) is 31.2 Å². The van der Waals surface area contributed by atoms with E-state index in [0.29, 0.717) is 18.8 Å². The van der Waals surface area contributed by atoms with E-state index in [-0.39, 0.29) is 12.3 Å². The van der Waals surface area contributed by atoms with Crippen molar-refractivity contribution in [1.82, 2.24) is 14.8 Å². The molecule has 1 fully saturated rings. The van der Waals surface area contributed by atoms with E-state index in [9.17, 15) is 9.59 Å². The van der Waals surface area contributed by atoms with Gasteiger partial charge in [-0.05, 0) is 23.8 Å². The Morgan fingerprint density at radius 2 is 1.70 bits per heavy atom. The number of carbonyl (C=O) groups is 2. The minimum Gasteiger partial charge on any atom is -0.368 e. The summed E-state index contributed by atoms with van der Waals surface area (Å²) in [6, 6.07) is 19.0. The summed E-state index contributed by atoms with van der Waals surface area (Å²) in [6.45, 7) is 3.56. The zero-order valence-corrected chi connectivity index (χ0v) is 18.3. The number of hydrogen-bond donors (Lipinski definition) is 1. The molecular weight excluding hydrogens is 416 g/mol. The number of fused-ring (bicyclic) bond motifs is 1. The highest BCUT2D eigenvalue weighted by Gasteiger charge is 2.37. The Morgan fingerprint density at radius 1 is 0.939 bits per heavy atom. The van der Waals surface area contributed by atoms with Crippen LogP contribution in [0.2, 0.25) is 0 Å². The number of carbonyl (C=O) groups excluding carboxylic acids is 2. The first-order chi connectivity index (χ1) is 16.1. The second kappa shape index (κ2) is 8.99. The first-order valence-electron chi connectivity index (χ1n) is 11.2. The van der Waals surface area contributed by atoms with Crippen LogP contribution in [0.15, 0.2) is 72.0 Å². The molecule has 8 heteroatoms. The standard InChI is InChI=1S/C25H26N6O2/c26-24(32)22-16-21(28-31(22)20-9-2-1-3-10-20)25(33)30-14-12-29(13-15-30)17-19-7-4-6-18-8-5-11-27-23(18)19/h1-11,22H,12-17H2,(H2,26,32). The van der Waals surface area contributed by atoms with Gasteiger partial charge in [-0.1, -0.05) is 42.5 Å². The van der Waals surface area contributed by atoms with Crippen molar-refractivity contribution in [2.45, 2.75) is 19.0 Å². The van der Waals surface area contributed by atoms with Gasteiger partial charge in [0, 0.05) is 50.7 Å². The number of aromatic nitrogens is 1. The number of hydrazone groups is 1. The molecule has 0 spiro atoms. The molecule has 1 aromatic heterocycles. The van der Waals surface area contributed by atoms with Crippen LogP contribution < -0.4 is 10.7 Å². The molecule has 0 radical (unpaired) electrons. The smallest absolute Gasteiger partial charge is 0.270 e. The zero-order valence-electron chi connectivity index (χ0n) is 18.3. The summed E-state index contributed by atoms with van der Waals surface area (Å²) in [6.07, 6.45) is 2.05. The number of hydrogen-bond acceptors (Lipinski definition) is 6. The van der Waals surface area contributed by atoms with Gasteiger partial charge in [-0.3, -0.25) is 24.5 Å². The van der Waals surface area contributed by atoms with Gasteiger partial charge in [0.2, 0.25) is 5.91 Å². The van der Waals surface area contributed by atoms with Crippen LogP contribution in [-0.4, -0.2) is 64.5 Å². The van der Waals surface area contributed by atoms with Gasteiger partial charge in [0.25, 0.3) is 5.91 Å². The summed E-state index contributed by atoms with van der Waals surface area (Å²) in [5.41, 5.74) is 8.95. The van der Waals surface area contributed by atoms with Gasteiger partial charge in [-0.2, -0.15) is 5.10 Å². The average Bonchev–Trinajstić information content (AvgIpc) is 3.31. The molecule has 3 aromatic rings. The minimum absolute atomic E-state index is 0.119. The molecule has 0 aliphatic carbocycles. The number of pyridine rings is 1. The van der Waals surface area contributed by atoms with Gasteiger partial charge in [0.1, 0.15) is 11.8 Å². The van der Waals surface area contributed by atoms with Crippen LogP contribution in [0.5, 0.6) is 0 Å². The van der Waals surface area contributed by atoms with Crippen molar-refractivity contribution >= 4 is 34.1 Å². The van der Waals surface area contributed by atoms with E-state index in [1.165, 1.54) is 5.56 Å². The summed E-state index contributed by atoms with van der Waals surface area (Å²) in [7, 11) is 0. The fraction of sp³-hybridized carbons (Fsp3) is 0.280. The summed E-state index contributed by atoms with van der Waals surface area (Å²) in [5.74, 6) is -0.606. The summed E-state index contributed by atoms with van der Waals surface area (Å²) in [5, 5.41) is 7.20. The van der Waals surface area contributed by atoms with Crippen LogP contribution in [0.25, 0.3) is 10.9 Å². The lowest BCUT2D eigenvalue weighted by atomic mass is 10.1. The van der Waals surface area contributed by atoms with Crippen molar-refractivity contribution in [1.29, 1.82) is 0 Å². The highest BCUT2D eigenvalue weighted by molar-refractivity contribution is 6.40. The molecule has 33 heavy (non-hydrogen) atoms. The zero-order chi connectivity index (χ0) is 22.8. The van der Waals surface area contributed by atoms with E-state index in [2.05, 4.69) is 39.3 Å². The summed E-state index contributed by atoms with van der Waals surface area (Å²) >= 11 is 0. The average molecular weight is 443 g/mol. The molecule has 8 nitrogen and oxygen atoms in total. The molecule has 3 heterocycles. The Balaban J connectivity index is 1.24. The molecule has 0 saturated carbocycles. The van der Waals surface area contributed by atoms with E-state index in [1.54, 1.807) is 5.01 Å². The lowest BCUT2D eigenvalue weighted by Crippen LogP contribution is -2.50. The Bertz CT molecular complexity index is 1200. The summed E-state index contributed by atoms with van der Waals surface area (Å²) in [4.78, 5) is 33.9. The minimum atomic E-state index is -0.647. The molecule has 2 aliphatic heterocycles. The van der Waals surface area contributed by atoms with Crippen molar-refractivity contribution in [3.63, 3.8) is 0 Å². The lowest BCUT2D eigenvalue weighted by molar-refractivity contribution is -0.125. The second-order valence-electron chi connectivity index (χ2n) is 8.41. The molecule has 168 valence electrons. The van der Waals surface area contributed by atoms with E-state index in [1.807, 2.05) is 47.5 Å². The number of piperazine rings is 1. The van der Waals surface area contributed by atoms with Gasteiger partial charge >= 0.3 is 0 Å². The van der Waals surface area contributed by atoms with E-state index in [4.69, 9.17) is 5.73 Å². The van der Waals surface area contributed by atoms with Gasteiger partial charge in [0.15, 0.2) is 0 Å². The normalized spacial score (nSPS) is 19.0. The molecule has 0 bridgehead atoms. The molecule has 1 saturated heterocycles. The van der Waals surface area contributed by atoms with Crippen LogP contribution in [0.1, 0.15) is 12.0 Å². The van der Waals surface area contributed by atoms with Crippen molar-refractivity contribution in [3.8, 4) is 0 Å². The van der Waals surface area contributed by atoms with E-state index >= 15 is 0 Å². The fourth-order valence-electron chi connectivity index (χ4n) is 4.51. The largest absolute Gasteiger partial charge is 0.368 e. The molecule has 2 N–H and O–H groups in total. The molecule has 2 amide bonds. The molecular formula is C25H26N6O2. The molecule has 2 aromatic carbocycles. The van der Waals surface area contributed by atoms with Gasteiger partial charge in [0.05, 0.1) is 11.2 Å². The van der Waals surface area contributed by atoms with Crippen molar-refractivity contribution in [2.24, 2.45) is 10.8 Å². The Morgan fingerprint density at radius 3 is 2.45 bits per heavy atom. The van der Waals surface area contributed by atoms with Crippen LogP contribution in [-0.2, 0) is 16.1 Å². The van der Waals surface area contributed by atoms with Crippen LogP contribution >= 0.6 is 0 Å². The molecule has 5 rings (SSSR count). The number of para-hydroxylation sites is 2. The van der Waals surface area contributed by atoms with Crippen LogP contribution in [0, 0.1) is 0 Å². The number of nitrogens with two attached hydrogens (primary N) is 1. The van der Waals surface area contributed by atoms with Crippen molar-refractivity contribution in [3.05, 3.63) is 72.4 Å². The predicted molar refractivity (Wildman–Crippen MR) is 128 cm³/mol. The quantitative estimate of drug-likeness (QED) is 0.652.